The molecule has 5 aromatic rings. The van der Waals surface area contributed by atoms with E-state index < -0.39 is 11.6 Å². The van der Waals surface area contributed by atoms with E-state index in [9.17, 15) is 13.6 Å². The van der Waals surface area contributed by atoms with E-state index in [1.165, 1.54) is 23.7 Å². The Morgan fingerprint density at radius 1 is 1.14 bits per heavy atom. The van der Waals surface area contributed by atoms with Gasteiger partial charge in [0.2, 0.25) is 0 Å². The molecule has 2 aliphatic rings. The number of nitrogens with one attached hydrogen (secondary N) is 2. The van der Waals surface area contributed by atoms with Crippen LogP contribution in [0.5, 0.6) is 0 Å². The molecule has 0 bridgehead atoms. The SMILES string of the molecule is O=C(O[C@H]1CN[C@H](C#Cc2cc3ncnc(Nc4ccc5c(cnn5Cc5cc(F)ccc5F)c4)c3s2)C1)N1CCCC1. The third-order valence-corrected chi connectivity index (χ3v) is 8.68. The fourth-order valence-electron chi connectivity index (χ4n) is 5.44. The molecule has 1 amide bonds. The van der Waals surface area contributed by atoms with E-state index in [0.717, 1.165) is 69.7 Å². The predicted octanol–water partition coefficient (Wildman–Crippen LogP) is 5.43. The van der Waals surface area contributed by atoms with Crippen LogP contribution in [0.1, 0.15) is 29.7 Å². The molecular weight excluding hydrogens is 572 g/mol. The summed E-state index contributed by atoms with van der Waals surface area (Å²) in [6, 6.07) is 11.0. The summed E-state index contributed by atoms with van der Waals surface area (Å²) in [6.45, 7) is 2.25. The number of amides is 1. The van der Waals surface area contributed by atoms with Crippen LogP contribution in [0.2, 0.25) is 0 Å². The molecule has 3 aromatic heterocycles. The lowest BCUT2D eigenvalue weighted by molar-refractivity contribution is 0.0763. The number of thiophene rings is 1. The maximum atomic E-state index is 14.2. The van der Waals surface area contributed by atoms with Crippen molar-refractivity contribution in [3.8, 4) is 11.8 Å². The molecule has 2 aromatic carbocycles. The number of benzene rings is 2. The lowest BCUT2D eigenvalue weighted by Crippen LogP contribution is -2.32. The molecular formula is C31H27F2N7O2S. The number of rotatable bonds is 5. The summed E-state index contributed by atoms with van der Waals surface area (Å²) in [6.07, 6.45) is 5.52. The second-order valence-corrected chi connectivity index (χ2v) is 11.7. The first-order valence-corrected chi connectivity index (χ1v) is 14.9. The highest BCUT2D eigenvalue weighted by Gasteiger charge is 2.28. The highest BCUT2D eigenvalue weighted by molar-refractivity contribution is 7.20. The van der Waals surface area contributed by atoms with Crippen LogP contribution >= 0.6 is 11.3 Å². The minimum atomic E-state index is -0.488. The normalized spacial score (nSPS) is 18.2. The van der Waals surface area contributed by atoms with Crippen LogP contribution in [0.4, 0.5) is 25.1 Å². The van der Waals surface area contributed by atoms with E-state index >= 15 is 0 Å². The summed E-state index contributed by atoms with van der Waals surface area (Å²) < 4.78 is 36.0. The molecule has 0 saturated carbocycles. The van der Waals surface area contributed by atoms with Crippen molar-refractivity contribution in [1.29, 1.82) is 0 Å². The first kappa shape index (κ1) is 27.2. The summed E-state index contributed by atoms with van der Waals surface area (Å²) in [4.78, 5) is 23.8. The summed E-state index contributed by atoms with van der Waals surface area (Å²) in [7, 11) is 0. The minimum absolute atomic E-state index is 0.0599. The third-order valence-electron chi connectivity index (χ3n) is 7.64. The average Bonchev–Trinajstić information content (AvgIpc) is 3.81. The molecule has 0 unspecified atom stereocenters. The van der Waals surface area contributed by atoms with Gasteiger partial charge in [0.15, 0.2) is 5.82 Å². The third kappa shape index (κ3) is 5.86. The molecule has 2 atom stereocenters. The molecule has 0 aliphatic carbocycles. The van der Waals surface area contributed by atoms with Crippen molar-refractivity contribution in [1.82, 2.24) is 30.0 Å². The summed E-state index contributed by atoms with van der Waals surface area (Å²) >= 11 is 1.50. The number of anilines is 2. The fourth-order valence-corrected chi connectivity index (χ4v) is 6.35. The fraction of sp³-hybridized carbons (Fsp3) is 0.290. The van der Waals surface area contributed by atoms with Crippen molar-refractivity contribution < 1.29 is 18.3 Å². The van der Waals surface area contributed by atoms with E-state index in [2.05, 4.69) is 37.5 Å². The molecule has 12 heteroatoms. The van der Waals surface area contributed by atoms with E-state index in [4.69, 9.17) is 4.74 Å². The molecule has 43 heavy (non-hydrogen) atoms. The number of likely N-dealkylation sites (tertiary alicyclic amines) is 1. The van der Waals surface area contributed by atoms with Crippen LogP contribution in [0.15, 0.2) is 55.0 Å². The number of carbonyl (C=O) groups excluding carboxylic acids is 1. The maximum Gasteiger partial charge on any atom is 0.410 e. The zero-order valence-corrected chi connectivity index (χ0v) is 23.8. The van der Waals surface area contributed by atoms with Gasteiger partial charge in [-0.05, 0) is 55.3 Å². The number of ether oxygens (including phenoxy) is 1. The number of carbonyl (C=O) groups is 1. The monoisotopic (exact) mass is 599 g/mol. The van der Waals surface area contributed by atoms with Crippen molar-refractivity contribution >= 4 is 50.1 Å². The van der Waals surface area contributed by atoms with Gasteiger partial charge in [-0.3, -0.25) is 10.00 Å². The Bertz CT molecular complexity index is 1890. The van der Waals surface area contributed by atoms with E-state index in [-0.39, 0.29) is 30.3 Å². The molecule has 2 fully saturated rings. The Balaban J connectivity index is 1.03. The standard InChI is InChI=1S/C31H27F2N7O2S/c32-21-3-7-26(33)20(11-21)17-40-28-8-5-23(12-19(28)15-37-40)38-30-29-27(35-18-36-30)14-25(43-29)6-4-22-13-24(16-34-22)42-31(41)39-9-1-2-10-39/h3,5,7-8,11-12,14-15,18,22,24,34H,1-2,9-10,13,16-17H2,(H,35,36,38)/t22-,24-/m1/s1. The second kappa shape index (κ2) is 11.6. The van der Waals surface area contributed by atoms with Gasteiger partial charge in [0.05, 0.1) is 39.4 Å². The number of hydrogen-bond donors (Lipinski definition) is 2. The number of nitrogens with zero attached hydrogens (tertiary/aromatic N) is 5. The first-order valence-electron chi connectivity index (χ1n) is 14.1. The van der Waals surface area contributed by atoms with Crippen LogP contribution in [0.25, 0.3) is 21.1 Å². The van der Waals surface area contributed by atoms with Gasteiger partial charge < -0.3 is 15.0 Å². The number of hydrogen-bond acceptors (Lipinski definition) is 8. The minimum Gasteiger partial charge on any atom is -0.445 e. The van der Waals surface area contributed by atoms with E-state index in [1.54, 1.807) is 15.8 Å². The average molecular weight is 600 g/mol. The van der Waals surface area contributed by atoms with Gasteiger partial charge >= 0.3 is 6.09 Å². The van der Waals surface area contributed by atoms with Gasteiger partial charge in [0.25, 0.3) is 0 Å². The molecule has 0 radical (unpaired) electrons. The van der Waals surface area contributed by atoms with E-state index in [1.807, 2.05) is 24.3 Å². The van der Waals surface area contributed by atoms with Crippen LogP contribution < -0.4 is 10.6 Å². The quantitative estimate of drug-likeness (QED) is 0.260. The molecule has 2 saturated heterocycles. The van der Waals surface area contributed by atoms with Gasteiger partial charge in [0, 0.05) is 42.7 Å². The lowest BCUT2D eigenvalue weighted by atomic mass is 10.2. The topological polar surface area (TPSA) is 97.2 Å². The van der Waals surface area contributed by atoms with Crippen LogP contribution in [0, 0.1) is 23.5 Å². The van der Waals surface area contributed by atoms with Gasteiger partial charge in [-0.15, -0.1) is 11.3 Å². The van der Waals surface area contributed by atoms with Crippen molar-refractivity contribution in [3.63, 3.8) is 0 Å². The van der Waals surface area contributed by atoms with Gasteiger partial charge in [0.1, 0.15) is 24.1 Å². The van der Waals surface area contributed by atoms with Gasteiger partial charge in [-0.1, -0.05) is 11.8 Å². The Morgan fingerprint density at radius 3 is 2.91 bits per heavy atom. The Morgan fingerprint density at radius 2 is 2.02 bits per heavy atom. The predicted molar refractivity (Wildman–Crippen MR) is 160 cm³/mol. The molecule has 2 aliphatic heterocycles. The van der Waals surface area contributed by atoms with Gasteiger partial charge in [-0.25, -0.2) is 23.5 Å². The zero-order valence-electron chi connectivity index (χ0n) is 23.0. The molecule has 5 heterocycles. The first-order chi connectivity index (χ1) is 21.0. The van der Waals surface area contributed by atoms with Crippen LogP contribution in [0.3, 0.4) is 0 Å². The summed E-state index contributed by atoms with van der Waals surface area (Å²) in [5, 5.41) is 11.9. The lowest BCUT2D eigenvalue weighted by Gasteiger charge is -2.18. The van der Waals surface area contributed by atoms with Crippen LogP contribution in [-0.2, 0) is 11.3 Å². The molecule has 7 rings (SSSR count). The Kier molecular flexibility index (Phi) is 7.34. The Labute approximate surface area is 249 Å². The Hall–Kier alpha value is -4.60. The van der Waals surface area contributed by atoms with Crippen molar-refractivity contribution in [2.24, 2.45) is 0 Å². The molecule has 0 spiro atoms. The number of halogens is 2. The molecule has 218 valence electrons. The summed E-state index contributed by atoms with van der Waals surface area (Å²) in [5.74, 6) is 6.21. The highest BCUT2D eigenvalue weighted by Crippen LogP contribution is 2.31. The number of fused-ring (bicyclic) bond motifs is 2. The van der Waals surface area contributed by atoms with E-state index in [0.29, 0.717) is 18.8 Å². The smallest absolute Gasteiger partial charge is 0.410 e. The van der Waals surface area contributed by atoms with Crippen LogP contribution in [-0.4, -0.2) is 62.5 Å². The number of aromatic nitrogens is 4. The summed E-state index contributed by atoms with van der Waals surface area (Å²) in [5.41, 5.74) is 2.62. The molecule has 2 N–H and O–H groups in total. The maximum absolute atomic E-state index is 14.2. The zero-order chi connectivity index (χ0) is 29.3. The largest absolute Gasteiger partial charge is 0.445 e. The second-order valence-electron chi connectivity index (χ2n) is 10.6. The van der Waals surface area contributed by atoms with Crippen molar-refractivity contribution in [2.45, 2.75) is 38.0 Å². The van der Waals surface area contributed by atoms with Crippen molar-refractivity contribution in [3.05, 3.63) is 77.1 Å². The van der Waals surface area contributed by atoms with Crippen molar-refractivity contribution in [2.75, 3.05) is 25.0 Å². The molecule has 9 nitrogen and oxygen atoms in total. The highest BCUT2D eigenvalue weighted by atomic mass is 32.1. The van der Waals surface area contributed by atoms with Gasteiger partial charge in [-0.2, -0.15) is 5.10 Å².